The molecular weight excluding hydrogens is 308 g/mol. The van der Waals surface area contributed by atoms with Gasteiger partial charge in [-0.1, -0.05) is 6.07 Å². The number of fused-ring (bicyclic) bond motifs is 1. The average molecular weight is 320 g/mol. The Labute approximate surface area is 129 Å². The fraction of sp³-hybridized carbons (Fsp3) is 0.143. The zero-order valence-electron chi connectivity index (χ0n) is 11.1. The largest absolute Gasteiger partial charge is 0.494 e. The van der Waals surface area contributed by atoms with E-state index in [9.17, 15) is 9.90 Å². The number of benzene rings is 1. The van der Waals surface area contributed by atoms with Crippen LogP contribution in [0, 0.1) is 3.95 Å². The third-order valence-corrected chi connectivity index (χ3v) is 4.46. The third-order valence-electron chi connectivity index (χ3n) is 3.24. The summed E-state index contributed by atoms with van der Waals surface area (Å²) in [5.41, 5.74) is 2.38. The number of rotatable bonds is 3. The van der Waals surface area contributed by atoms with Crippen molar-refractivity contribution in [2.75, 3.05) is 7.11 Å². The Morgan fingerprint density at radius 3 is 2.95 bits per heavy atom. The second-order valence-corrected chi connectivity index (χ2v) is 6.30. The van der Waals surface area contributed by atoms with E-state index in [4.69, 9.17) is 17.0 Å². The lowest BCUT2D eigenvalue weighted by atomic mass is 10.1. The second kappa shape index (κ2) is 5.34. The standard InChI is InChI=1S/C14H12N2O3S2/c1-19-13(18)7-2-3-9-8(6-15-10(9)4-7)5-11-12(17)16-14(20)21-11/h2-4,6,15,17H,5H2,1H3,(H,16,20). The van der Waals surface area contributed by atoms with E-state index < -0.39 is 0 Å². The number of methoxy groups -OCH3 is 1. The molecule has 0 amide bonds. The van der Waals surface area contributed by atoms with Crippen molar-refractivity contribution in [3.63, 3.8) is 0 Å². The molecule has 5 nitrogen and oxygen atoms in total. The van der Waals surface area contributed by atoms with Crippen LogP contribution in [-0.2, 0) is 11.2 Å². The maximum atomic E-state index is 11.5. The quantitative estimate of drug-likeness (QED) is 0.511. The van der Waals surface area contributed by atoms with E-state index in [-0.39, 0.29) is 11.8 Å². The van der Waals surface area contributed by atoms with Crippen LogP contribution in [0.4, 0.5) is 0 Å². The molecule has 1 aromatic carbocycles. The maximum Gasteiger partial charge on any atom is 0.337 e. The molecule has 0 aliphatic heterocycles. The summed E-state index contributed by atoms with van der Waals surface area (Å²) in [6, 6.07) is 5.35. The number of aromatic nitrogens is 2. The summed E-state index contributed by atoms with van der Waals surface area (Å²) in [7, 11) is 1.36. The van der Waals surface area contributed by atoms with Crippen molar-refractivity contribution in [2.24, 2.45) is 0 Å². The van der Waals surface area contributed by atoms with Gasteiger partial charge in [-0.15, -0.1) is 11.3 Å². The highest BCUT2D eigenvalue weighted by molar-refractivity contribution is 7.73. The number of carbonyl (C=O) groups excluding carboxylic acids is 1. The summed E-state index contributed by atoms with van der Waals surface area (Å²) >= 11 is 6.37. The van der Waals surface area contributed by atoms with Crippen molar-refractivity contribution in [3.8, 4) is 5.88 Å². The predicted octanol–water partition coefficient (Wildman–Crippen LogP) is 3.37. The van der Waals surface area contributed by atoms with E-state index in [1.807, 2.05) is 12.3 Å². The van der Waals surface area contributed by atoms with Crippen LogP contribution in [0.3, 0.4) is 0 Å². The third kappa shape index (κ3) is 2.57. The molecule has 0 atom stereocenters. The van der Waals surface area contributed by atoms with E-state index in [2.05, 4.69) is 9.97 Å². The first-order valence-corrected chi connectivity index (χ1v) is 7.40. The van der Waals surface area contributed by atoms with Crippen molar-refractivity contribution in [1.82, 2.24) is 9.97 Å². The van der Waals surface area contributed by atoms with Crippen molar-refractivity contribution in [1.29, 1.82) is 0 Å². The van der Waals surface area contributed by atoms with Gasteiger partial charge in [-0.2, -0.15) is 0 Å². The number of aromatic hydroxyl groups is 1. The van der Waals surface area contributed by atoms with E-state index in [1.54, 1.807) is 12.1 Å². The minimum atomic E-state index is -0.366. The van der Waals surface area contributed by atoms with E-state index >= 15 is 0 Å². The first-order chi connectivity index (χ1) is 10.1. The normalized spacial score (nSPS) is 10.9. The molecular formula is C14H12N2O3S2. The number of esters is 1. The lowest BCUT2D eigenvalue weighted by Crippen LogP contribution is -2.00. The Morgan fingerprint density at radius 2 is 2.29 bits per heavy atom. The Kier molecular flexibility index (Phi) is 3.52. The molecule has 0 radical (unpaired) electrons. The van der Waals surface area contributed by atoms with Crippen LogP contribution >= 0.6 is 23.6 Å². The number of aromatic amines is 2. The van der Waals surface area contributed by atoms with Crippen molar-refractivity contribution >= 4 is 40.4 Å². The number of hydrogen-bond donors (Lipinski definition) is 3. The molecule has 2 aromatic heterocycles. The Morgan fingerprint density at radius 1 is 1.48 bits per heavy atom. The van der Waals surface area contributed by atoms with Crippen LogP contribution in [-0.4, -0.2) is 28.2 Å². The fourth-order valence-corrected chi connectivity index (χ4v) is 3.37. The summed E-state index contributed by atoms with van der Waals surface area (Å²) in [6.07, 6.45) is 2.44. The molecule has 0 saturated heterocycles. The molecule has 3 N–H and O–H groups in total. The molecule has 3 rings (SSSR count). The van der Waals surface area contributed by atoms with Gasteiger partial charge in [-0.3, -0.25) is 0 Å². The highest BCUT2D eigenvalue weighted by atomic mass is 32.1. The molecule has 0 fully saturated rings. The van der Waals surface area contributed by atoms with Gasteiger partial charge in [-0.25, -0.2) is 4.79 Å². The lowest BCUT2D eigenvalue weighted by molar-refractivity contribution is 0.0601. The van der Waals surface area contributed by atoms with Gasteiger partial charge in [0.15, 0.2) is 3.95 Å². The molecule has 0 saturated carbocycles. The van der Waals surface area contributed by atoms with Crippen LogP contribution in [0.5, 0.6) is 5.88 Å². The molecule has 3 aromatic rings. The van der Waals surface area contributed by atoms with Crippen molar-refractivity contribution < 1.29 is 14.6 Å². The van der Waals surface area contributed by atoms with Gasteiger partial charge in [0.2, 0.25) is 5.88 Å². The zero-order valence-corrected chi connectivity index (χ0v) is 12.7. The minimum absolute atomic E-state index is 0.116. The highest BCUT2D eigenvalue weighted by Gasteiger charge is 2.12. The van der Waals surface area contributed by atoms with Gasteiger partial charge in [-0.05, 0) is 29.9 Å². The van der Waals surface area contributed by atoms with E-state index in [0.717, 1.165) is 21.3 Å². The lowest BCUT2D eigenvalue weighted by Gasteiger charge is -2.00. The number of ether oxygens (including phenoxy) is 1. The molecule has 0 aliphatic rings. The van der Waals surface area contributed by atoms with Gasteiger partial charge in [0.1, 0.15) is 0 Å². The second-order valence-electron chi connectivity index (χ2n) is 4.53. The smallest absolute Gasteiger partial charge is 0.337 e. The van der Waals surface area contributed by atoms with Crippen LogP contribution in [0.1, 0.15) is 20.8 Å². The number of H-pyrrole nitrogens is 2. The molecule has 0 spiro atoms. The van der Waals surface area contributed by atoms with Crippen LogP contribution in [0.15, 0.2) is 24.4 Å². The minimum Gasteiger partial charge on any atom is -0.494 e. The van der Waals surface area contributed by atoms with E-state index in [1.165, 1.54) is 18.4 Å². The summed E-state index contributed by atoms with van der Waals surface area (Å²) < 4.78 is 5.26. The fourth-order valence-electron chi connectivity index (χ4n) is 2.22. The zero-order chi connectivity index (χ0) is 15.0. The van der Waals surface area contributed by atoms with E-state index in [0.29, 0.717) is 15.9 Å². The summed E-state index contributed by atoms with van der Waals surface area (Å²) in [4.78, 5) is 18.2. The van der Waals surface area contributed by atoms with Crippen molar-refractivity contribution in [3.05, 3.63) is 44.4 Å². The molecule has 0 bridgehead atoms. The average Bonchev–Trinajstić information content (AvgIpc) is 3.01. The number of thiazole rings is 1. The molecule has 21 heavy (non-hydrogen) atoms. The maximum absolute atomic E-state index is 11.5. The first kappa shape index (κ1) is 13.8. The number of hydrogen-bond acceptors (Lipinski definition) is 5. The highest BCUT2D eigenvalue weighted by Crippen LogP contribution is 2.28. The van der Waals surface area contributed by atoms with Gasteiger partial charge in [0.05, 0.1) is 17.6 Å². The van der Waals surface area contributed by atoms with Crippen molar-refractivity contribution in [2.45, 2.75) is 6.42 Å². The predicted molar refractivity (Wildman–Crippen MR) is 83.6 cm³/mol. The molecule has 0 unspecified atom stereocenters. The summed E-state index contributed by atoms with van der Waals surface area (Å²) in [6.45, 7) is 0. The monoisotopic (exact) mass is 320 g/mol. The summed E-state index contributed by atoms with van der Waals surface area (Å²) in [5.74, 6) is -0.250. The Balaban J connectivity index is 1.99. The summed E-state index contributed by atoms with van der Waals surface area (Å²) in [5, 5.41) is 10.8. The molecule has 108 valence electrons. The molecule has 0 aliphatic carbocycles. The SMILES string of the molecule is COC(=O)c1ccc2c(Cc3sc(=S)[nH]c3O)c[nH]c2c1. The topological polar surface area (TPSA) is 78.1 Å². The number of nitrogens with one attached hydrogen (secondary N) is 2. The first-order valence-electron chi connectivity index (χ1n) is 6.17. The van der Waals surface area contributed by atoms with Gasteiger partial charge >= 0.3 is 5.97 Å². The van der Waals surface area contributed by atoms with Gasteiger partial charge in [0.25, 0.3) is 0 Å². The van der Waals surface area contributed by atoms with Crippen LogP contribution in [0.2, 0.25) is 0 Å². The number of carbonyl (C=O) groups is 1. The van der Waals surface area contributed by atoms with Gasteiger partial charge < -0.3 is 19.8 Å². The van der Waals surface area contributed by atoms with Crippen LogP contribution < -0.4 is 0 Å². The Hall–Kier alpha value is -2.12. The molecule has 2 heterocycles. The van der Waals surface area contributed by atoms with Gasteiger partial charge in [0, 0.05) is 23.5 Å². The van der Waals surface area contributed by atoms with Crippen LogP contribution in [0.25, 0.3) is 10.9 Å². The molecule has 7 heteroatoms. The Bertz CT molecular complexity index is 876.